The second kappa shape index (κ2) is 3.27. The highest BCUT2D eigenvalue weighted by Crippen LogP contribution is 2.42. The molecule has 74 valence electrons. The fourth-order valence-corrected chi connectivity index (χ4v) is 3.42. The van der Waals surface area contributed by atoms with E-state index in [0.717, 1.165) is 23.8 Å². The number of hydrogen-bond donors (Lipinski definition) is 1. The van der Waals surface area contributed by atoms with Crippen molar-refractivity contribution in [3.63, 3.8) is 0 Å². The molecule has 0 heterocycles. The predicted octanol–water partition coefficient (Wildman–Crippen LogP) is 2.56. The number of fused-ring (bicyclic) bond motifs is 2. The summed E-state index contributed by atoms with van der Waals surface area (Å²) < 4.78 is 0. The van der Waals surface area contributed by atoms with Gasteiger partial charge in [0.05, 0.1) is 0 Å². The molecule has 3 saturated carbocycles. The maximum Gasteiger partial charge on any atom is 0.0124 e. The monoisotopic (exact) mass is 179 g/mol. The van der Waals surface area contributed by atoms with E-state index in [1.807, 2.05) is 0 Å². The lowest BCUT2D eigenvalue weighted by Crippen LogP contribution is -2.40. The van der Waals surface area contributed by atoms with Crippen molar-refractivity contribution >= 4 is 0 Å². The van der Waals surface area contributed by atoms with Crippen LogP contribution in [0.3, 0.4) is 0 Å². The third-order valence-corrected chi connectivity index (χ3v) is 4.41. The molecule has 1 heteroatoms. The van der Waals surface area contributed by atoms with Gasteiger partial charge in [-0.2, -0.15) is 0 Å². The Kier molecular flexibility index (Phi) is 2.08. The van der Waals surface area contributed by atoms with Gasteiger partial charge in [0, 0.05) is 6.04 Å². The van der Waals surface area contributed by atoms with Crippen molar-refractivity contribution in [3.8, 4) is 0 Å². The SMILES string of the molecule is C1CC2CCC(C1)C2NCC1CC1. The van der Waals surface area contributed by atoms with Gasteiger partial charge in [0.25, 0.3) is 0 Å². The summed E-state index contributed by atoms with van der Waals surface area (Å²) in [4.78, 5) is 0. The summed E-state index contributed by atoms with van der Waals surface area (Å²) in [6, 6.07) is 0.925. The van der Waals surface area contributed by atoms with E-state index in [1.165, 1.54) is 51.5 Å². The molecule has 0 aliphatic heterocycles. The zero-order valence-electron chi connectivity index (χ0n) is 8.47. The Balaban J connectivity index is 1.56. The van der Waals surface area contributed by atoms with Gasteiger partial charge < -0.3 is 5.32 Å². The maximum atomic E-state index is 3.85. The van der Waals surface area contributed by atoms with E-state index in [1.54, 1.807) is 0 Å². The van der Waals surface area contributed by atoms with Gasteiger partial charge in [-0.05, 0) is 62.8 Å². The van der Waals surface area contributed by atoms with Gasteiger partial charge in [-0.15, -0.1) is 0 Å². The summed E-state index contributed by atoms with van der Waals surface area (Å²) >= 11 is 0. The molecule has 1 nitrogen and oxygen atoms in total. The van der Waals surface area contributed by atoms with Gasteiger partial charge in [0.1, 0.15) is 0 Å². The average molecular weight is 179 g/mol. The van der Waals surface area contributed by atoms with E-state index in [-0.39, 0.29) is 0 Å². The first-order chi connectivity index (χ1) is 6.43. The molecule has 1 N–H and O–H groups in total. The van der Waals surface area contributed by atoms with Crippen LogP contribution in [0.5, 0.6) is 0 Å². The summed E-state index contributed by atoms with van der Waals surface area (Å²) in [6.45, 7) is 1.33. The molecule has 0 amide bonds. The third-order valence-electron chi connectivity index (χ3n) is 4.41. The van der Waals surface area contributed by atoms with Gasteiger partial charge in [0.2, 0.25) is 0 Å². The van der Waals surface area contributed by atoms with Crippen molar-refractivity contribution in [1.82, 2.24) is 5.32 Å². The molecule has 0 radical (unpaired) electrons. The predicted molar refractivity (Wildman–Crippen MR) is 54.6 cm³/mol. The molecule has 0 aromatic rings. The largest absolute Gasteiger partial charge is 0.313 e. The first-order valence-electron chi connectivity index (χ1n) is 6.17. The first kappa shape index (κ1) is 8.28. The summed E-state index contributed by atoms with van der Waals surface area (Å²) in [5.74, 6) is 3.16. The van der Waals surface area contributed by atoms with E-state index >= 15 is 0 Å². The molecular weight excluding hydrogens is 158 g/mol. The number of hydrogen-bond acceptors (Lipinski definition) is 1. The molecule has 0 aromatic heterocycles. The highest BCUT2D eigenvalue weighted by molar-refractivity contribution is 4.94. The van der Waals surface area contributed by atoms with Crippen molar-refractivity contribution in [3.05, 3.63) is 0 Å². The second-order valence-corrected chi connectivity index (χ2v) is 5.41. The van der Waals surface area contributed by atoms with Crippen molar-refractivity contribution in [2.75, 3.05) is 6.54 Å². The molecule has 0 aromatic carbocycles. The van der Waals surface area contributed by atoms with Crippen LogP contribution in [0, 0.1) is 17.8 Å². The summed E-state index contributed by atoms with van der Waals surface area (Å²) in [6.07, 6.45) is 10.6. The molecule has 2 atom stereocenters. The smallest absolute Gasteiger partial charge is 0.0124 e. The zero-order valence-corrected chi connectivity index (χ0v) is 8.47. The quantitative estimate of drug-likeness (QED) is 0.702. The van der Waals surface area contributed by atoms with Crippen LogP contribution in [0.15, 0.2) is 0 Å². The Hall–Kier alpha value is -0.0400. The van der Waals surface area contributed by atoms with Gasteiger partial charge in [-0.25, -0.2) is 0 Å². The van der Waals surface area contributed by atoms with Crippen molar-refractivity contribution in [2.45, 2.75) is 51.0 Å². The average Bonchev–Trinajstić information content (AvgIpc) is 2.93. The molecule has 3 rings (SSSR count). The summed E-state index contributed by atoms with van der Waals surface area (Å²) in [5, 5.41) is 3.85. The molecule has 0 saturated heterocycles. The van der Waals surface area contributed by atoms with Crippen molar-refractivity contribution in [2.24, 2.45) is 17.8 Å². The minimum atomic E-state index is 0.925. The zero-order chi connectivity index (χ0) is 8.67. The molecule has 3 aliphatic rings. The summed E-state index contributed by atoms with van der Waals surface area (Å²) in [5.41, 5.74) is 0. The van der Waals surface area contributed by atoms with Crippen LogP contribution in [-0.2, 0) is 0 Å². The van der Waals surface area contributed by atoms with Gasteiger partial charge in [-0.1, -0.05) is 6.42 Å². The fraction of sp³-hybridized carbons (Fsp3) is 1.00. The second-order valence-electron chi connectivity index (χ2n) is 5.41. The lowest BCUT2D eigenvalue weighted by atomic mass is 9.84. The van der Waals surface area contributed by atoms with E-state index < -0.39 is 0 Å². The van der Waals surface area contributed by atoms with Gasteiger partial charge in [-0.3, -0.25) is 0 Å². The summed E-state index contributed by atoms with van der Waals surface area (Å²) in [7, 11) is 0. The molecular formula is C12H21N. The Labute approximate surface area is 81.3 Å². The van der Waals surface area contributed by atoms with E-state index in [4.69, 9.17) is 0 Å². The Morgan fingerprint density at radius 2 is 1.54 bits per heavy atom. The topological polar surface area (TPSA) is 12.0 Å². The van der Waals surface area contributed by atoms with Crippen molar-refractivity contribution in [1.29, 1.82) is 0 Å². The van der Waals surface area contributed by atoms with Crippen LogP contribution < -0.4 is 5.32 Å². The molecule has 3 aliphatic carbocycles. The van der Waals surface area contributed by atoms with Crippen LogP contribution in [-0.4, -0.2) is 12.6 Å². The molecule has 2 bridgehead atoms. The normalized spacial score (nSPS) is 43.8. The van der Waals surface area contributed by atoms with Crippen LogP contribution >= 0.6 is 0 Å². The lowest BCUT2D eigenvalue weighted by molar-refractivity contribution is 0.254. The minimum absolute atomic E-state index is 0.925. The van der Waals surface area contributed by atoms with E-state index in [0.29, 0.717) is 0 Å². The van der Waals surface area contributed by atoms with Crippen LogP contribution in [0.4, 0.5) is 0 Å². The van der Waals surface area contributed by atoms with E-state index in [9.17, 15) is 0 Å². The van der Waals surface area contributed by atoms with Gasteiger partial charge >= 0.3 is 0 Å². The van der Waals surface area contributed by atoms with E-state index in [2.05, 4.69) is 5.32 Å². The van der Waals surface area contributed by atoms with Crippen LogP contribution in [0.2, 0.25) is 0 Å². The molecule has 13 heavy (non-hydrogen) atoms. The molecule has 2 unspecified atom stereocenters. The minimum Gasteiger partial charge on any atom is -0.313 e. The standard InChI is InChI=1S/C12H21N/c1-2-10-6-7-11(3-1)12(10)13-8-9-4-5-9/h9-13H,1-8H2. The van der Waals surface area contributed by atoms with Crippen LogP contribution in [0.1, 0.15) is 44.9 Å². The Bertz CT molecular complexity index is 170. The Morgan fingerprint density at radius 3 is 2.15 bits per heavy atom. The number of rotatable bonds is 3. The number of nitrogens with one attached hydrogen (secondary N) is 1. The highest BCUT2D eigenvalue weighted by atomic mass is 14.9. The molecule has 0 spiro atoms. The first-order valence-corrected chi connectivity index (χ1v) is 6.17. The third kappa shape index (κ3) is 1.63. The fourth-order valence-electron chi connectivity index (χ4n) is 3.42. The maximum absolute atomic E-state index is 3.85. The Morgan fingerprint density at radius 1 is 0.846 bits per heavy atom. The van der Waals surface area contributed by atoms with Crippen molar-refractivity contribution < 1.29 is 0 Å². The van der Waals surface area contributed by atoms with Gasteiger partial charge in [0.15, 0.2) is 0 Å². The lowest BCUT2D eigenvalue weighted by Gasteiger charge is -2.31. The molecule has 3 fully saturated rings. The highest BCUT2D eigenvalue weighted by Gasteiger charge is 2.38. The van der Waals surface area contributed by atoms with Crippen LogP contribution in [0.25, 0.3) is 0 Å².